The molecule has 2 aliphatic carbocycles. The summed E-state index contributed by atoms with van der Waals surface area (Å²) in [7, 11) is 0. The molecule has 0 unspecified atom stereocenters. The molecule has 2 N–H and O–H groups in total. The molecule has 0 aliphatic heterocycles. The maximum atomic E-state index is 11.0. The van der Waals surface area contributed by atoms with Crippen LogP contribution in [0, 0.1) is 17.8 Å². The quantitative estimate of drug-likeness (QED) is 0.691. The molecule has 2 saturated carbocycles. The minimum absolute atomic E-state index is 0.0862. The van der Waals surface area contributed by atoms with Crippen molar-refractivity contribution in [3.63, 3.8) is 0 Å². The van der Waals surface area contributed by atoms with Crippen LogP contribution in [0.5, 0.6) is 0 Å². The molecule has 2 rings (SSSR count). The Balaban J connectivity index is 1.97. The number of aliphatic hydroxyl groups excluding tert-OH is 1. The molecule has 0 bridgehead atoms. The summed E-state index contributed by atoms with van der Waals surface area (Å²) in [5.74, 6) is 1.88. The first-order valence-corrected chi connectivity index (χ1v) is 5.60. The number of rotatable bonds is 2. The monoisotopic (exact) mass is 197 g/mol. The lowest BCUT2D eigenvalue weighted by molar-refractivity contribution is -0.119. The number of carbonyl (C=O) groups excluding carboxylic acids is 1. The summed E-state index contributed by atoms with van der Waals surface area (Å²) in [5.41, 5.74) is 0. The highest BCUT2D eigenvalue weighted by Gasteiger charge is 2.44. The molecule has 0 spiro atoms. The van der Waals surface area contributed by atoms with E-state index in [9.17, 15) is 9.90 Å². The van der Waals surface area contributed by atoms with E-state index in [0.717, 1.165) is 12.8 Å². The van der Waals surface area contributed by atoms with Crippen molar-refractivity contribution in [2.24, 2.45) is 17.8 Å². The maximum absolute atomic E-state index is 11.0. The van der Waals surface area contributed by atoms with E-state index in [0.29, 0.717) is 30.4 Å². The minimum Gasteiger partial charge on any atom is -0.396 e. The Morgan fingerprint density at radius 1 is 1.29 bits per heavy atom. The van der Waals surface area contributed by atoms with E-state index in [-0.39, 0.29) is 5.91 Å². The van der Waals surface area contributed by atoms with Crippen molar-refractivity contribution in [1.82, 2.24) is 5.32 Å². The van der Waals surface area contributed by atoms with Crippen molar-refractivity contribution in [2.45, 2.75) is 38.6 Å². The zero-order chi connectivity index (χ0) is 10.1. The Morgan fingerprint density at radius 3 is 2.64 bits per heavy atom. The smallest absolute Gasteiger partial charge is 0.217 e. The first kappa shape index (κ1) is 9.97. The maximum Gasteiger partial charge on any atom is 0.217 e. The normalized spacial score (nSPS) is 41.0. The Bertz CT molecular complexity index is 229. The molecule has 0 aromatic heterocycles. The summed E-state index contributed by atoms with van der Waals surface area (Å²) in [6.07, 6.45) is 4.61. The third-order valence-electron chi connectivity index (χ3n) is 3.98. The van der Waals surface area contributed by atoms with Crippen molar-refractivity contribution in [2.75, 3.05) is 6.61 Å². The highest BCUT2D eigenvalue weighted by molar-refractivity contribution is 5.73. The molecule has 0 radical (unpaired) electrons. The second-order valence-electron chi connectivity index (χ2n) is 4.73. The van der Waals surface area contributed by atoms with Crippen LogP contribution in [-0.4, -0.2) is 23.7 Å². The number of fused-ring (bicyclic) bond motifs is 1. The fourth-order valence-corrected chi connectivity index (χ4v) is 3.39. The molecule has 14 heavy (non-hydrogen) atoms. The first-order valence-electron chi connectivity index (χ1n) is 5.60. The second-order valence-corrected chi connectivity index (χ2v) is 4.73. The van der Waals surface area contributed by atoms with E-state index in [2.05, 4.69) is 5.32 Å². The van der Waals surface area contributed by atoms with Gasteiger partial charge in [-0.3, -0.25) is 4.79 Å². The summed E-state index contributed by atoms with van der Waals surface area (Å²) in [6, 6.07) is 0.383. The van der Waals surface area contributed by atoms with Crippen molar-refractivity contribution in [3.05, 3.63) is 0 Å². The average molecular weight is 197 g/mol. The van der Waals surface area contributed by atoms with Gasteiger partial charge >= 0.3 is 0 Å². The molecular formula is C11H19NO2. The molecule has 0 saturated heterocycles. The van der Waals surface area contributed by atoms with Gasteiger partial charge in [0.05, 0.1) is 0 Å². The van der Waals surface area contributed by atoms with Crippen LogP contribution >= 0.6 is 0 Å². The van der Waals surface area contributed by atoms with E-state index in [1.165, 1.54) is 12.8 Å². The largest absolute Gasteiger partial charge is 0.396 e. The van der Waals surface area contributed by atoms with Crippen molar-refractivity contribution >= 4 is 5.91 Å². The van der Waals surface area contributed by atoms with Gasteiger partial charge in [-0.25, -0.2) is 0 Å². The van der Waals surface area contributed by atoms with Crippen LogP contribution in [0.2, 0.25) is 0 Å². The molecule has 2 aliphatic rings. The standard InChI is InChI=1S/C11H19NO2/c1-7(14)12-11-5-4-9-8(6-13)2-3-10(9)11/h8-11,13H,2-6H2,1H3,(H,12,14)/t8-,9-,10+,11-/m0/s1. The van der Waals surface area contributed by atoms with Gasteiger partial charge in [0.25, 0.3) is 0 Å². The third-order valence-corrected chi connectivity index (χ3v) is 3.98. The van der Waals surface area contributed by atoms with Crippen LogP contribution in [0.25, 0.3) is 0 Å². The minimum atomic E-state index is 0.0862. The highest BCUT2D eigenvalue weighted by Crippen LogP contribution is 2.47. The lowest BCUT2D eigenvalue weighted by atomic mass is 9.92. The van der Waals surface area contributed by atoms with E-state index < -0.39 is 0 Å². The topological polar surface area (TPSA) is 49.3 Å². The number of hydrogen-bond acceptors (Lipinski definition) is 2. The van der Waals surface area contributed by atoms with Gasteiger partial charge in [0.2, 0.25) is 5.91 Å². The van der Waals surface area contributed by atoms with E-state index in [4.69, 9.17) is 0 Å². The Hall–Kier alpha value is -0.570. The van der Waals surface area contributed by atoms with Crippen LogP contribution in [0.15, 0.2) is 0 Å². The zero-order valence-electron chi connectivity index (χ0n) is 8.70. The summed E-state index contributed by atoms with van der Waals surface area (Å²) in [5, 5.41) is 12.2. The Morgan fingerprint density at radius 2 is 2.00 bits per heavy atom. The molecular weight excluding hydrogens is 178 g/mol. The van der Waals surface area contributed by atoms with Gasteiger partial charge in [-0.05, 0) is 43.4 Å². The number of amides is 1. The van der Waals surface area contributed by atoms with Gasteiger partial charge in [0, 0.05) is 19.6 Å². The molecule has 0 aromatic carbocycles. The summed E-state index contributed by atoms with van der Waals surface area (Å²) in [6.45, 7) is 1.92. The van der Waals surface area contributed by atoms with Crippen LogP contribution in [0.4, 0.5) is 0 Å². The zero-order valence-corrected chi connectivity index (χ0v) is 8.70. The molecule has 0 aromatic rings. The predicted octanol–water partition coefficient (Wildman–Crippen LogP) is 0.920. The molecule has 3 heteroatoms. The number of nitrogens with one attached hydrogen (secondary N) is 1. The molecule has 2 fully saturated rings. The summed E-state index contributed by atoms with van der Waals surface area (Å²) in [4.78, 5) is 11.0. The fraction of sp³-hybridized carbons (Fsp3) is 0.909. The van der Waals surface area contributed by atoms with Crippen molar-refractivity contribution in [3.8, 4) is 0 Å². The predicted molar refractivity (Wildman–Crippen MR) is 53.6 cm³/mol. The number of hydrogen-bond donors (Lipinski definition) is 2. The SMILES string of the molecule is CC(=O)N[C@H]1CC[C@H]2[C@H](CO)CC[C@H]21. The molecule has 0 heterocycles. The first-order chi connectivity index (χ1) is 6.72. The van der Waals surface area contributed by atoms with Crippen LogP contribution < -0.4 is 5.32 Å². The van der Waals surface area contributed by atoms with Crippen molar-refractivity contribution < 1.29 is 9.90 Å². The fourth-order valence-electron chi connectivity index (χ4n) is 3.39. The van der Waals surface area contributed by atoms with Gasteiger partial charge in [-0.15, -0.1) is 0 Å². The number of carbonyl (C=O) groups is 1. The Labute approximate surface area is 84.9 Å². The lowest BCUT2D eigenvalue weighted by Crippen LogP contribution is -2.36. The average Bonchev–Trinajstić information content (AvgIpc) is 2.67. The van der Waals surface area contributed by atoms with Gasteiger partial charge < -0.3 is 10.4 Å². The number of aliphatic hydroxyl groups is 1. The van der Waals surface area contributed by atoms with E-state index >= 15 is 0 Å². The summed E-state index contributed by atoms with van der Waals surface area (Å²) >= 11 is 0. The summed E-state index contributed by atoms with van der Waals surface area (Å²) < 4.78 is 0. The van der Waals surface area contributed by atoms with Gasteiger partial charge in [-0.1, -0.05) is 0 Å². The van der Waals surface area contributed by atoms with Crippen LogP contribution in [-0.2, 0) is 4.79 Å². The Kier molecular flexibility index (Phi) is 2.77. The second kappa shape index (κ2) is 3.89. The van der Waals surface area contributed by atoms with Crippen LogP contribution in [0.3, 0.4) is 0 Å². The van der Waals surface area contributed by atoms with Crippen molar-refractivity contribution in [1.29, 1.82) is 0 Å². The molecule has 3 nitrogen and oxygen atoms in total. The molecule has 4 atom stereocenters. The van der Waals surface area contributed by atoms with Crippen LogP contribution in [0.1, 0.15) is 32.6 Å². The van der Waals surface area contributed by atoms with Gasteiger partial charge in [0.1, 0.15) is 0 Å². The van der Waals surface area contributed by atoms with E-state index in [1.807, 2.05) is 0 Å². The third kappa shape index (κ3) is 1.65. The van der Waals surface area contributed by atoms with E-state index in [1.54, 1.807) is 6.92 Å². The highest BCUT2D eigenvalue weighted by atomic mass is 16.3. The van der Waals surface area contributed by atoms with Gasteiger partial charge in [0.15, 0.2) is 0 Å². The van der Waals surface area contributed by atoms with Gasteiger partial charge in [-0.2, -0.15) is 0 Å². The molecule has 80 valence electrons. The lowest BCUT2D eigenvalue weighted by Gasteiger charge is -2.20. The molecule has 1 amide bonds.